The summed E-state index contributed by atoms with van der Waals surface area (Å²) in [5, 5.41) is 18.0. The van der Waals surface area contributed by atoms with E-state index in [0.717, 1.165) is 11.0 Å². The summed E-state index contributed by atoms with van der Waals surface area (Å²) < 4.78 is 0. The minimum absolute atomic E-state index is 0.00435. The Morgan fingerprint density at radius 2 is 1.19 bits per heavy atom. The van der Waals surface area contributed by atoms with Crippen molar-refractivity contribution in [1.82, 2.24) is 15.0 Å². The van der Waals surface area contributed by atoms with Gasteiger partial charge in [0.05, 0.1) is 0 Å². The summed E-state index contributed by atoms with van der Waals surface area (Å²) in [6.45, 7) is 25.8. The van der Waals surface area contributed by atoms with Gasteiger partial charge in [-0.15, -0.1) is 15.0 Å². The summed E-state index contributed by atoms with van der Waals surface area (Å²) in [6.07, 6.45) is 6.08. The molecule has 0 saturated carbocycles. The first-order chi connectivity index (χ1) is 12.7. The van der Waals surface area contributed by atoms with E-state index in [9.17, 15) is 5.11 Å². The molecule has 2 rings (SSSR count). The third-order valence-electron chi connectivity index (χ3n) is 2.32. The van der Waals surface area contributed by atoms with Crippen LogP contribution in [0.4, 0.5) is 0 Å². The van der Waals surface area contributed by atoms with Crippen LogP contribution in [0.25, 0.3) is 16.7 Å². The Bertz CT molecular complexity index is 628. The minimum atomic E-state index is -0.00435. The summed E-state index contributed by atoms with van der Waals surface area (Å²) in [4.78, 5) is 1.34. The topological polar surface area (TPSA) is 50.9 Å². The summed E-state index contributed by atoms with van der Waals surface area (Å²) in [5.41, 5.74) is 1.93. The molecule has 0 atom stereocenters. The highest BCUT2D eigenvalue weighted by Crippen LogP contribution is 2.13. The molecule has 0 aliphatic carbocycles. The van der Waals surface area contributed by atoms with Gasteiger partial charge in [0, 0.05) is 0 Å². The number of aromatic nitrogens is 3. The van der Waals surface area contributed by atoms with Crippen LogP contribution in [0.15, 0.2) is 80.6 Å². The number of nitrogens with zero attached hydrogens (tertiary/aromatic N) is 3. The average molecular weight is 358 g/mol. The van der Waals surface area contributed by atoms with Crippen LogP contribution in [0, 0.1) is 0 Å². The highest BCUT2D eigenvalue weighted by atomic mass is 16.3. The normalized spacial score (nSPS) is 9.00. The molecule has 144 valence electrons. The second kappa shape index (κ2) is 20.2. The maximum absolute atomic E-state index is 9.59. The monoisotopic (exact) mass is 357 g/mol. The number of fused-ring (bicyclic) bond motifs is 1. The molecule has 0 fully saturated rings. The van der Waals surface area contributed by atoms with Crippen LogP contribution in [0.3, 0.4) is 0 Å². The number of aliphatic hydroxyl groups is 1. The zero-order valence-electron chi connectivity index (χ0n) is 17.2. The average Bonchev–Trinajstić information content (AvgIpc) is 3.16. The van der Waals surface area contributed by atoms with Crippen LogP contribution in [0.2, 0.25) is 0 Å². The number of rotatable bonds is 4. The molecule has 1 N–H and O–H groups in total. The van der Waals surface area contributed by atoms with E-state index < -0.39 is 0 Å². The van der Waals surface area contributed by atoms with Crippen molar-refractivity contribution in [2.24, 2.45) is 0 Å². The lowest BCUT2D eigenvalue weighted by Crippen LogP contribution is -2.01. The van der Waals surface area contributed by atoms with Gasteiger partial charge in [0.1, 0.15) is 22.5 Å². The lowest BCUT2D eigenvalue weighted by Gasteiger charge is -2.00. The minimum Gasteiger partial charge on any atom is -0.506 e. The number of benzene rings is 1. The van der Waals surface area contributed by atoms with Crippen LogP contribution in [0.5, 0.6) is 0 Å². The smallest absolute Gasteiger partial charge is 0.142 e. The number of allylic oxidation sites excluding steroid dienone is 5. The third-order valence-corrected chi connectivity index (χ3v) is 2.32. The zero-order chi connectivity index (χ0) is 21.0. The van der Waals surface area contributed by atoms with Crippen LogP contribution in [-0.2, 0) is 0 Å². The lowest BCUT2D eigenvalue weighted by atomic mass is 10.3. The maximum Gasteiger partial charge on any atom is 0.142 e. The molecule has 0 bridgehead atoms. The number of aliphatic hydroxyl groups excluding tert-OH is 1. The largest absolute Gasteiger partial charge is 0.506 e. The van der Waals surface area contributed by atoms with Crippen molar-refractivity contribution in [3.63, 3.8) is 0 Å². The van der Waals surface area contributed by atoms with Gasteiger partial charge < -0.3 is 5.11 Å². The van der Waals surface area contributed by atoms with Gasteiger partial charge in [-0.3, -0.25) is 0 Å². The van der Waals surface area contributed by atoms with E-state index in [1.54, 1.807) is 12.2 Å². The van der Waals surface area contributed by atoms with Crippen molar-refractivity contribution in [2.75, 3.05) is 0 Å². The van der Waals surface area contributed by atoms with Gasteiger partial charge in [0.2, 0.25) is 0 Å². The summed E-state index contributed by atoms with van der Waals surface area (Å²) >= 11 is 0. The highest BCUT2D eigenvalue weighted by molar-refractivity contribution is 5.74. The Labute approximate surface area is 159 Å². The van der Waals surface area contributed by atoms with E-state index in [-0.39, 0.29) is 5.76 Å². The Morgan fingerprint density at radius 1 is 0.808 bits per heavy atom. The molecule has 4 nitrogen and oxygen atoms in total. The Kier molecular flexibility index (Phi) is 21.7. The fourth-order valence-corrected chi connectivity index (χ4v) is 1.36. The van der Waals surface area contributed by atoms with Crippen LogP contribution < -0.4 is 0 Å². The predicted molar refractivity (Wildman–Crippen MR) is 118 cm³/mol. The van der Waals surface area contributed by atoms with Crippen molar-refractivity contribution in [2.45, 2.75) is 41.5 Å². The van der Waals surface area contributed by atoms with Crippen molar-refractivity contribution in [3.05, 3.63) is 80.6 Å². The van der Waals surface area contributed by atoms with Crippen LogP contribution in [-0.4, -0.2) is 20.1 Å². The molecule has 0 saturated heterocycles. The van der Waals surface area contributed by atoms with Gasteiger partial charge in [0.15, 0.2) is 0 Å². The molecule has 26 heavy (non-hydrogen) atoms. The molecule has 0 spiro atoms. The summed E-state index contributed by atoms with van der Waals surface area (Å²) in [6, 6.07) is 7.47. The number of hydrogen-bond donors (Lipinski definition) is 1. The van der Waals surface area contributed by atoms with Crippen molar-refractivity contribution < 1.29 is 5.11 Å². The molecule has 0 unspecified atom stereocenters. The fraction of sp³-hybridized carbons (Fsp3) is 0.273. The van der Waals surface area contributed by atoms with Gasteiger partial charge in [-0.2, -0.15) is 0 Å². The first kappa shape index (κ1) is 27.9. The van der Waals surface area contributed by atoms with E-state index in [2.05, 4.69) is 36.5 Å². The first-order valence-electron chi connectivity index (χ1n) is 8.92. The van der Waals surface area contributed by atoms with Gasteiger partial charge in [-0.05, 0) is 24.3 Å². The van der Waals surface area contributed by atoms with Crippen LogP contribution >= 0.6 is 0 Å². The standard InChI is InChI=1S/C12H11N3O.C4H6.3C2H6/c1-3-11(12(16)4-2)15-13-9-7-5-6-8-10(9)14-15;1-3-4-2;3*1-2/h3-8,16H,1-2H2;3-4H,1-2H2;3*1-2H3/b12-11-;;;;. The molecular weight excluding hydrogens is 322 g/mol. The molecule has 0 aliphatic rings. The fourth-order valence-electron chi connectivity index (χ4n) is 1.36. The Balaban J connectivity index is -0.000000451. The molecular formula is C22H35N3O. The SMILES string of the molecule is C=C/C(O)=C(\C=C)n1nc2ccccc2n1.C=CC=C.CC.CC.CC. The van der Waals surface area contributed by atoms with Gasteiger partial charge in [-0.1, -0.05) is 92.1 Å². The predicted octanol–water partition coefficient (Wildman–Crippen LogP) is 6.97. The summed E-state index contributed by atoms with van der Waals surface area (Å²) in [5.74, 6) is -0.00435. The first-order valence-corrected chi connectivity index (χ1v) is 8.92. The second-order valence-corrected chi connectivity index (χ2v) is 3.63. The van der Waals surface area contributed by atoms with E-state index in [1.165, 1.54) is 16.9 Å². The van der Waals surface area contributed by atoms with E-state index in [4.69, 9.17) is 0 Å². The molecule has 1 aromatic carbocycles. The quantitative estimate of drug-likeness (QED) is 0.475. The molecule has 1 heterocycles. The third kappa shape index (κ3) is 10.1. The Hall–Kier alpha value is -2.88. The molecule has 0 radical (unpaired) electrons. The van der Waals surface area contributed by atoms with Crippen molar-refractivity contribution in [1.29, 1.82) is 0 Å². The number of hydrogen-bond acceptors (Lipinski definition) is 3. The molecule has 2 aromatic rings. The molecule has 4 heteroatoms. The van der Waals surface area contributed by atoms with Gasteiger partial charge >= 0.3 is 0 Å². The van der Waals surface area contributed by atoms with E-state index >= 15 is 0 Å². The molecule has 1 aromatic heterocycles. The Morgan fingerprint density at radius 3 is 1.46 bits per heavy atom. The van der Waals surface area contributed by atoms with Crippen molar-refractivity contribution in [3.8, 4) is 0 Å². The molecule has 0 aliphatic heterocycles. The van der Waals surface area contributed by atoms with Gasteiger partial charge in [-0.25, -0.2) is 0 Å². The molecule has 0 amide bonds. The van der Waals surface area contributed by atoms with E-state index in [0.29, 0.717) is 5.70 Å². The highest BCUT2D eigenvalue weighted by Gasteiger charge is 2.06. The lowest BCUT2D eigenvalue weighted by molar-refractivity contribution is 0.430. The zero-order valence-corrected chi connectivity index (χ0v) is 17.2. The summed E-state index contributed by atoms with van der Waals surface area (Å²) in [7, 11) is 0. The second-order valence-electron chi connectivity index (χ2n) is 3.63. The maximum atomic E-state index is 9.59. The van der Waals surface area contributed by atoms with Crippen molar-refractivity contribution >= 4 is 16.7 Å². The van der Waals surface area contributed by atoms with Crippen LogP contribution in [0.1, 0.15) is 41.5 Å². The van der Waals surface area contributed by atoms with E-state index in [1.807, 2.05) is 65.8 Å². The van der Waals surface area contributed by atoms with Gasteiger partial charge in [0.25, 0.3) is 0 Å².